The van der Waals surface area contributed by atoms with Crippen LogP contribution in [0.1, 0.15) is 27.0 Å². The molecule has 1 N–H and O–H groups in total. The van der Waals surface area contributed by atoms with Crippen LogP contribution < -0.4 is 4.74 Å². The molecule has 0 atom stereocenters. The molecule has 0 spiro atoms. The second kappa shape index (κ2) is 10.1. The first kappa shape index (κ1) is 22.3. The average Bonchev–Trinajstić information content (AvgIpc) is 3.04. The van der Waals surface area contributed by atoms with E-state index in [2.05, 4.69) is 4.90 Å². The monoisotopic (exact) mass is 431 g/mol. The summed E-state index contributed by atoms with van der Waals surface area (Å²) in [5.74, 6) is 0.547. The van der Waals surface area contributed by atoms with Gasteiger partial charge in [0.15, 0.2) is 5.76 Å². The number of rotatable bonds is 9. The van der Waals surface area contributed by atoms with Gasteiger partial charge in [-0.15, -0.1) is 0 Å². The molecule has 0 saturated carbocycles. The number of carbonyl (C=O) groups excluding carboxylic acids is 1. The number of fused-ring (bicyclic) bond motifs is 1. The molecule has 6 nitrogen and oxygen atoms in total. The van der Waals surface area contributed by atoms with E-state index < -0.39 is 0 Å². The van der Waals surface area contributed by atoms with E-state index in [0.29, 0.717) is 60.3 Å². The Balaban J connectivity index is 1.94. The maximum absolute atomic E-state index is 13.0. The zero-order chi connectivity index (χ0) is 21.7. The first-order valence-corrected chi connectivity index (χ1v) is 10.1. The lowest BCUT2D eigenvalue weighted by Crippen LogP contribution is -2.30. The second-order valence-electron chi connectivity index (χ2n) is 7.15. The number of methoxy groups -OCH3 is 2. The van der Waals surface area contributed by atoms with Crippen LogP contribution >= 0.6 is 11.6 Å². The van der Waals surface area contributed by atoms with Crippen LogP contribution in [0.5, 0.6) is 11.5 Å². The van der Waals surface area contributed by atoms with Gasteiger partial charge in [-0.1, -0.05) is 23.7 Å². The maximum Gasteiger partial charge on any atom is 0.232 e. The quantitative estimate of drug-likeness (QED) is 0.604. The van der Waals surface area contributed by atoms with Crippen LogP contribution in [0.2, 0.25) is 5.02 Å². The van der Waals surface area contributed by atoms with E-state index in [1.807, 2.05) is 12.1 Å². The van der Waals surface area contributed by atoms with Gasteiger partial charge in [-0.25, -0.2) is 0 Å². The Hall–Kier alpha value is -2.38. The molecule has 2 aromatic rings. The van der Waals surface area contributed by atoms with Gasteiger partial charge in [-0.3, -0.25) is 9.69 Å². The Labute approximate surface area is 181 Å². The number of aryl methyl sites for hydroxylation is 1. The van der Waals surface area contributed by atoms with E-state index in [4.69, 9.17) is 25.8 Å². The summed E-state index contributed by atoms with van der Waals surface area (Å²) in [6.07, 6.45) is 1.69. The number of carbonyl (C=O) groups is 1. The molecule has 0 aliphatic carbocycles. The maximum atomic E-state index is 13.0. The molecule has 0 fully saturated rings. The molecule has 0 saturated heterocycles. The van der Waals surface area contributed by atoms with Crippen LogP contribution in [0.4, 0.5) is 0 Å². The highest BCUT2D eigenvalue weighted by molar-refractivity contribution is 6.30. The van der Waals surface area contributed by atoms with Crippen molar-refractivity contribution in [2.45, 2.75) is 13.5 Å². The fourth-order valence-electron chi connectivity index (χ4n) is 3.38. The Morgan fingerprint density at radius 3 is 2.37 bits per heavy atom. The summed E-state index contributed by atoms with van der Waals surface area (Å²) >= 11 is 5.94. The number of ether oxygens (including phenoxy) is 3. The molecular weight excluding hydrogens is 406 g/mol. The van der Waals surface area contributed by atoms with Gasteiger partial charge in [0.05, 0.1) is 24.3 Å². The van der Waals surface area contributed by atoms with Crippen molar-refractivity contribution >= 4 is 23.5 Å². The number of halogens is 1. The summed E-state index contributed by atoms with van der Waals surface area (Å²) in [7, 11) is 3.29. The molecule has 1 heterocycles. The van der Waals surface area contributed by atoms with Crippen molar-refractivity contribution in [2.75, 3.05) is 40.5 Å². The predicted octanol–water partition coefficient (Wildman–Crippen LogP) is 4.07. The van der Waals surface area contributed by atoms with Crippen LogP contribution in [-0.4, -0.2) is 56.3 Å². The zero-order valence-corrected chi connectivity index (χ0v) is 18.2. The van der Waals surface area contributed by atoms with E-state index >= 15 is 0 Å². The van der Waals surface area contributed by atoms with Gasteiger partial charge >= 0.3 is 0 Å². The third kappa shape index (κ3) is 5.02. The lowest BCUT2D eigenvalue weighted by molar-refractivity contribution is 0.101. The second-order valence-corrected chi connectivity index (χ2v) is 7.58. The number of aromatic hydroxyl groups is 1. The molecule has 30 heavy (non-hydrogen) atoms. The smallest absolute Gasteiger partial charge is 0.232 e. The van der Waals surface area contributed by atoms with Crippen molar-refractivity contribution in [1.29, 1.82) is 0 Å². The number of Topliss-reactive ketones (excluding diaryl/α,β-unsaturated/α-hetero) is 1. The molecule has 160 valence electrons. The van der Waals surface area contributed by atoms with Crippen LogP contribution in [0.3, 0.4) is 0 Å². The van der Waals surface area contributed by atoms with E-state index in [1.165, 1.54) is 0 Å². The molecule has 3 rings (SSSR count). The summed E-state index contributed by atoms with van der Waals surface area (Å²) in [4.78, 5) is 15.1. The van der Waals surface area contributed by atoms with E-state index in [1.54, 1.807) is 45.4 Å². The van der Waals surface area contributed by atoms with Gasteiger partial charge < -0.3 is 19.3 Å². The van der Waals surface area contributed by atoms with Gasteiger partial charge in [-0.05, 0) is 42.3 Å². The number of phenols is 1. The minimum absolute atomic E-state index is 0.103. The molecule has 1 aliphatic rings. The molecule has 0 aromatic heterocycles. The molecule has 0 radical (unpaired) electrons. The first-order valence-electron chi connectivity index (χ1n) is 9.70. The highest BCUT2D eigenvalue weighted by Gasteiger charge is 2.33. The summed E-state index contributed by atoms with van der Waals surface area (Å²) in [6, 6.07) is 8.76. The standard InChI is InChI=1S/C23H26ClNO5/c1-15-12-19(26)18(14-25(8-10-28-2)9-11-29-3)23-21(15)22(27)20(30-23)13-16-4-6-17(24)7-5-16/h4-7,12-13,26H,8-11,14H2,1-3H3/b20-13+. The predicted molar refractivity (Wildman–Crippen MR) is 116 cm³/mol. The number of ketones is 1. The van der Waals surface area contributed by atoms with Crippen molar-refractivity contribution in [3.8, 4) is 11.5 Å². The topological polar surface area (TPSA) is 68.2 Å². The van der Waals surface area contributed by atoms with Crippen molar-refractivity contribution in [1.82, 2.24) is 4.90 Å². The van der Waals surface area contributed by atoms with Crippen LogP contribution in [0.25, 0.3) is 6.08 Å². The van der Waals surface area contributed by atoms with Crippen molar-refractivity contribution in [3.05, 3.63) is 63.4 Å². The molecule has 1 aliphatic heterocycles. The minimum atomic E-state index is -0.195. The summed E-state index contributed by atoms with van der Waals surface area (Å²) in [6.45, 7) is 4.60. The van der Waals surface area contributed by atoms with Crippen molar-refractivity contribution in [2.24, 2.45) is 0 Å². The summed E-state index contributed by atoms with van der Waals surface area (Å²) in [5, 5.41) is 11.3. The highest BCUT2D eigenvalue weighted by Crippen LogP contribution is 2.42. The number of benzene rings is 2. The molecule has 0 amide bonds. The minimum Gasteiger partial charge on any atom is -0.507 e. The number of phenolic OH excluding ortho intramolecular Hbond substituents is 1. The van der Waals surface area contributed by atoms with Gasteiger partial charge in [0.2, 0.25) is 5.78 Å². The van der Waals surface area contributed by atoms with Gasteiger partial charge in [0, 0.05) is 38.9 Å². The average molecular weight is 432 g/mol. The molecular formula is C23H26ClNO5. The van der Waals surface area contributed by atoms with E-state index in [-0.39, 0.29) is 17.3 Å². The summed E-state index contributed by atoms with van der Waals surface area (Å²) in [5.41, 5.74) is 2.55. The Morgan fingerprint density at radius 2 is 1.77 bits per heavy atom. The number of nitrogens with zero attached hydrogens (tertiary/aromatic N) is 1. The van der Waals surface area contributed by atoms with Gasteiger partial charge in [0.25, 0.3) is 0 Å². The summed E-state index contributed by atoms with van der Waals surface area (Å²) < 4.78 is 16.4. The van der Waals surface area contributed by atoms with Crippen LogP contribution in [-0.2, 0) is 16.0 Å². The van der Waals surface area contributed by atoms with E-state index in [0.717, 1.165) is 5.56 Å². The van der Waals surface area contributed by atoms with Gasteiger partial charge in [-0.2, -0.15) is 0 Å². The van der Waals surface area contributed by atoms with E-state index in [9.17, 15) is 9.90 Å². The number of allylic oxidation sites excluding steroid dienone is 1. The first-order chi connectivity index (χ1) is 14.4. The lowest BCUT2D eigenvalue weighted by atomic mass is 9.99. The lowest BCUT2D eigenvalue weighted by Gasteiger charge is -2.23. The molecule has 7 heteroatoms. The van der Waals surface area contributed by atoms with Crippen LogP contribution in [0, 0.1) is 6.92 Å². The third-order valence-electron chi connectivity index (χ3n) is 4.99. The van der Waals surface area contributed by atoms with Gasteiger partial charge in [0.1, 0.15) is 11.5 Å². The Kier molecular flexibility index (Phi) is 7.50. The molecule has 0 unspecified atom stereocenters. The van der Waals surface area contributed by atoms with Crippen molar-refractivity contribution in [3.63, 3.8) is 0 Å². The highest BCUT2D eigenvalue weighted by atomic mass is 35.5. The number of hydrogen-bond donors (Lipinski definition) is 1. The zero-order valence-electron chi connectivity index (χ0n) is 17.4. The fraction of sp³-hybridized carbons (Fsp3) is 0.348. The van der Waals surface area contributed by atoms with Crippen LogP contribution in [0.15, 0.2) is 36.1 Å². The Bertz CT molecular complexity index is 932. The molecule has 0 bridgehead atoms. The Morgan fingerprint density at radius 1 is 1.13 bits per heavy atom. The number of hydrogen-bond acceptors (Lipinski definition) is 6. The third-order valence-corrected chi connectivity index (χ3v) is 5.25. The largest absolute Gasteiger partial charge is 0.507 e. The fourth-order valence-corrected chi connectivity index (χ4v) is 3.50. The SMILES string of the molecule is COCCN(CCOC)Cc1c(O)cc(C)c2c1O/C(=C/c1ccc(Cl)cc1)C2=O. The molecule has 2 aromatic carbocycles. The van der Waals surface area contributed by atoms with Crippen molar-refractivity contribution < 1.29 is 24.1 Å². The normalized spacial score (nSPS) is 14.4.